The Hall–Kier alpha value is -3.07. The first-order valence-electron chi connectivity index (χ1n) is 6.86. The van der Waals surface area contributed by atoms with Crippen LogP contribution < -0.4 is 10.1 Å². The molecule has 1 N–H and O–H groups in total. The monoisotopic (exact) mass is 295 g/mol. The second-order valence-corrected chi connectivity index (χ2v) is 4.97. The summed E-state index contributed by atoms with van der Waals surface area (Å²) < 4.78 is 5.59. The molecule has 1 atom stereocenters. The normalized spacial score (nSPS) is 16.0. The van der Waals surface area contributed by atoms with Crippen molar-refractivity contribution in [1.29, 1.82) is 5.26 Å². The van der Waals surface area contributed by atoms with Gasteiger partial charge in [0.2, 0.25) is 0 Å². The number of benzene rings is 2. The molecular weight excluding hydrogens is 282 g/mol. The number of rotatable bonds is 3. The topological polar surface area (TPSA) is 88.2 Å². The summed E-state index contributed by atoms with van der Waals surface area (Å²) in [6.45, 7) is 0.554. The van der Waals surface area contributed by atoms with Gasteiger partial charge in [-0.3, -0.25) is 10.1 Å². The number of nitriles is 1. The minimum absolute atomic E-state index is 0.0587. The molecule has 6 heteroatoms. The van der Waals surface area contributed by atoms with E-state index in [2.05, 4.69) is 5.32 Å². The van der Waals surface area contributed by atoms with Gasteiger partial charge in [0.1, 0.15) is 11.4 Å². The molecule has 0 amide bonds. The van der Waals surface area contributed by atoms with Crippen molar-refractivity contribution in [2.24, 2.45) is 0 Å². The van der Waals surface area contributed by atoms with Gasteiger partial charge in [0, 0.05) is 18.1 Å². The van der Waals surface area contributed by atoms with E-state index in [1.807, 2.05) is 30.3 Å². The highest BCUT2D eigenvalue weighted by molar-refractivity contribution is 5.65. The van der Waals surface area contributed by atoms with Crippen LogP contribution in [0, 0.1) is 21.4 Å². The lowest BCUT2D eigenvalue weighted by Crippen LogP contribution is -2.20. The Morgan fingerprint density at radius 2 is 2.14 bits per heavy atom. The number of nitro benzene ring substituents is 1. The van der Waals surface area contributed by atoms with Crippen molar-refractivity contribution in [3.8, 4) is 11.8 Å². The number of para-hydroxylation sites is 1. The lowest BCUT2D eigenvalue weighted by molar-refractivity contribution is -0.384. The Kier molecular flexibility index (Phi) is 3.62. The van der Waals surface area contributed by atoms with E-state index in [0.29, 0.717) is 18.7 Å². The fourth-order valence-corrected chi connectivity index (χ4v) is 2.55. The summed E-state index contributed by atoms with van der Waals surface area (Å²) in [6.07, 6.45) is 0.716. The zero-order chi connectivity index (χ0) is 15.5. The van der Waals surface area contributed by atoms with Gasteiger partial charge in [-0.1, -0.05) is 18.2 Å². The van der Waals surface area contributed by atoms with Crippen LogP contribution in [-0.4, -0.2) is 11.5 Å². The largest absolute Gasteiger partial charge is 0.493 e. The SMILES string of the molecule is N#Cc1ccc(N[C@H]2CCOc3ccccc32)c([N+](=O)[O-])c1. The van der Waals surface area contributed by atoms with Crippen molar-refractivity contribution in [2.75, 3.05) is 11.9 Å². The van der Waals surface area contributed by atoms with E-state index in [4.69, 9.17) is 10.00 Å². The summed E-state index contributed by atoms with van der Waals surface area (Å²) in [5.74, 6) is 0.794. The fourth-order valence-electron chi connectivity index (χ4n) is 2.55. The van der Waals surface area contributed by atoms with Gasteiger partial charge in [-0.05, 0) is 18.2 Å². The summed E-state index contributed by atoms with van der Waals surface area (Å²) in [5, 5.41) is 23.3. The molecule has 22 heavy (non-hydrogen) atoms. The van der Waals surface area contributed by atoms with Crippen LogP contribution in [-0.2, 0) is 0 Å². The fraction of sp³-hybridized carbons (Fsp3) is 0.188. The average molecular weight is 295 g/mol. The summed E-state index contributed by atoms with van der Waals surface area (Å²) in [6, 6.07) is 13.9. The number of nitro groups is 1. The minimum Gasteiger partial charge on any atom is -0.493 e. The number of nitrogens with one attached hydrogen (secondary N) is 1. The zero-order valence-corrected chi connectivity index (χ0v) is 11.7. The Morgan fingerprint density at radius 1 is 1.32 bits per heavy atom. The Bertz CT molecular complexity index is 767. The standard InChI is InChI=1S/C16H13N3O3/c17-10-11-5-6-14(15(9-11)19(20)21)18-13-7-8-22-16-4-2-1-3-12(13)16/h1-6,9,13,18H,7-8H2/t13-/m0/s1. The van der Waals surface area contributed by atoms with Gasteiger partial charge in [0.05, 0.1) is 29.2 Å². The molecule has 0 aromatic heterocycles. The highest BCUT2D eigenvalue weighted by atomic mass is 16.6. The maximum absolute atomic E-state index is 11.2. The predicted molar refractivity (Wildman–Crippen MR) is 80.7 cm³/mol. The molecule has 0 radical (unpaired) electrons. The first-order chi connectivity index (χ1) is 10.7. The lowest BCUT2D eigenvalue weighted by Gasteiger charge is -2.27. The third-order valence-electron chi connectivity index (χ3n) is 3.61. The number of hydrogen-bond acceptors (Lipinski definition) is 5. The van der Waals surface area contributed by atoms with E-state index in [-0.39, 0.29) is 17.3 Å². The van der Waals surface area contributed by atoms with E-state index < -0.39 is 4.92 Å². The van der Waals surface area contributed by atoms with Gasteiger partial charge in [0.25, 0.3) is 5.69 Å². The summed E-state index contributed by atoms with van der Waals surface area (Å²) in [7, 11) is 0. The number of fused-ring (bicyclic) bond motifs is 1. The van der Waals surface area contributed by atoms with Crippen LogP contribution in [0.2, 0.25) is 0 Å². The first kappa shape index (κ1) is 13.9. The second-order valence-electron chi connectivity index (χ2n) is 4.97. The van der Waals surface area contributed by atoms with E-state index >= 15 is 0 Å². The highest BCUT2D eigenvalue weighted by Gasteiger charge is 2.24. The molecule has 0 spiro atoms. The van der Waals surface area contributed by atoms with Crippen molar-refractivity contribution in [3.05, 3.63) is 63.7 Å². The smallest absolute Gasteiger partial charge is 0.293 e. The number of nitrogens with zero attached hydrogens (tertiary/aromatic N) is 2. The van der Waals surface area contributed by atoms with Crippen LogP contribution in [0.3, 0.4) is 0 Å². The molecule has 3 rings (SSSR count). The Balaban J connectivity index is 1.95. The van der Waals surface area contributed by atoms with E-state index in [1.165, 1.54) is 6.07 Å². The molecule has 0 unspecified atom stereocenters. The molecule has 2 aromatic carbocycles. The third kappa shape index (κ3) is 2.56. The maximum Gasteiger partial charge on any atom is 0.293 e. The van der Waals surface area contributed by atoms with Crippen molar-refractivity contribution in [1.82, 2.24) is 0 Å². The van der Waals surface area contributed by atoms with Crippen molar-refractivity contribution in [2.45, 2.75) is 12.5 Å². The minimum atomic E-state index is -0.478. The number of ether oxygens (including phenoxy) is 1. The van der Waals surface area contributed by atoms with Crippen LogP contribution in [0.5, 0.6) is 5.75 Å². The molecule has 1 aliphatic heterocycles. The second kappa shape index (κ2) is 5.74. The molecule has 0 aliphatic carbocycles. The number of hydrogen-bond donors (Lipinski definition) is 1. The zero-order valence-electron chi connectivity index (χ0n) is 11.7. The van der Waals surface area contributed by atoms with Crippen molar-refractivity contribution in [3.63, 3.8) is 0 Å². The molecule has 0 bridgehead atoms. The van der Waals surface area contributed by atoms with Gasteiger partial charge in [-0.15, -0.1) is 0 Å². The average Bonchev–Trinajstić information content (AvgIpc) is 2.55. The quantitative estimate of drug-likeness (QED) is 0.692. The van der Waals surface area contributed by atoms with Crippen LogP contribution in [0.1, 0.15) is 23.6 Å². The molecule has 1 heterocycles. The van der Waals surface area contributed by atoms with Crippen LogP contribution in [0.4, 0.5) is 11.4 Å². The van der Waals surface area contributed by atoms with Gasteiger partial charge in [-0.25, -0.2) is 0 Å². The molecule has 1 aliphatic rings. The molecule has 6 nitrogen and oxygen atoms in total. The van der Waals surface area contributed by atoms with E-state index in [1.54, 1.807) is 12.1 Å². The summed E-state index contributed by atoms with van der Waals surface area (Å²) in [5.41, 5.74) is 1.56. The van der Waals surface area contributed by atoms with E-state index in [9.17, 15) is 10.1 Å². The lowest BCUT2D eigenvalue weighted by atomic mass is 10.00. The van der Waals surface area contributed by atoms with E-state index in [0.717, 1.165) is 11.3 Å². The summed E-state index contributed by atoms with van der Waals surface area (Å²) >= 11 is 0. The van der Waals surface area contributed by atoms with Crippen molar-refractivity contribution >= 4 is 11.4 Å². The molecule has 0 saturated heterocycles. The number of anilines is 1. The molecule has 0 fully saturated rings. The van der Waals surface area contributed by atoms with Gasteiger partial charge in [0.15, 0.2) is 0 Å². The molecule has 110 valence electrons. The summed E-state index contributed by atoms with van der Waals surface area (Å²) in [4.78, 5) is 10.7. The molecule has 0 saturated carbocycles. The van der Waals surface area contributed by atoms with Gasteiger partial charge < -0.3 is 10.1 Å². The van der Waals surface area contributed by atoms with Crippen LogP contribution >= 0.6 is 0 Å². The Labute approximate surface area is 127 Å². The first-order valence-corrected chi connectivity index (χ1v) is 6.86. The predicted octanol–water partition coefficient (Wildman–Crippen LogP) is 3.40. The maximum atomic E-state index is 11.2. The molecular formula is C16H13N3O3. The Morgan fingerprint density at radius 3 is 2.91 bits per heavy atom. The molecule has 2 aromatic rings. The van der Waals surface area contributed by atoms with Gasteiger partial charge in [-0.2, -0.15) is 5.26 Å². The van der Waals surface area contributed by atoms with Crippen LogP contribution in [0.15, 0.2) is 42.5 Å². The van der Waals surface area contributed by atoms with Gasteiger partial charge >= 0.3 is 0 Å². The highest BCUT2D eigenvalue weighted by Crippen LogP contribution is 2.36. The third-order valence-corrected chi connectivity index (χ3v) is 3.61. The van der Waals surface area contributed by atoms with Crippen LogP contribution in [0.25, 0.3) is 0 Å². The van der Waals surface area contributed by atoms with Crippen molar-refractivity contribution < 1.29 is 9.66 Å².